The van der Waals surface area contributed by atoms with Crippen molar-refractivity contribution >= 4 is 11.4 Å². The molecule has 2 heteroatoms. The second-order valence-electron chi connectivity index (χ2n) is 5.65. The molecule has 16 heavy (non-hydrogen) atoms. The third kappa shape index (κ3) is 2.01. The molecule has 0 bridgehead atoms. The van der Waals surface area contributed by atoms with Crippen LogP contribution in [0, 0.1) is 0 Å². The van der Waals surface area contributed by atoms with Gasteiger partial charge in [-0.2, -0.15) is 0 Å². The van der Waals surface area contributed by atoms with Crippen LogP contribution in [0.1, 0.15) is 32.8 Å². The highest BCUT2D eigenvalue weighted by molar-refractivity contribution is 5.75. The van der Waals surface area contributed by atoms with Gasteiger partial charge < -0.3 is 10.2 Å². The first-order chi connectivity index (χ1) is 7.50. The summed E-state index contributed by atoms with van der Waals surface area (Å²) in [7, 11) is 2.20. The number of anilines is 2. The van der Waals surface area contributed by atoms with E-state index in [-0.39, 0.29) is 5.41 Å². The number of hydrogen-bond acceptors (Lipinski definition) is 2. The van der Waals surface area contributed by atoms with Gasteiger partial charge in [0.25, 0.3) is 0 Å². The molecule has 0 spiro atoms. The number of fused-ring (bicyclic) bond motifs is 1. The highest BCUT2D eigenvalue weighted by Crippen LogP contribution is 2.38. The van der Waals surface area contributed by atoms with E-state index in [2.05, 4.69) is 56.2 Å². The standard InChI is InChI=1S/C14H22N2/c1-14(2,3)11-7-5-8-12-13(11)16(4)10-6-9-15-12/h5,7-8,15H,6,9-10H2,1-4H3. The summed E-state index contributed by atoms with van der Waals surface area (Å²) in [6.07, 6.45) is 1.20. The SMILES string of the molecule is CN1CCCNc2cccc(C(C)(C)C)c21. The Hall–Kier alpha value is -1.18. The lowest BCUT2D eigenvalue weighted by Crippen LogP contribution is -2.23. The summed E-state index contributed by atoms with van der Waals surface area (Å²) in [6, 6.07) is 6.60. The predicted octanol–water partition coefficient (Wildman–Crippen LogP) is 3.24. The van der Waals surface area contributed by atoms with Gasteiger partial charge in [-0.05, 0) is 23.5 Å². The highest BCUT2D eigenvalue weighted by atomic mass is 15.1. The molecular formula is C14H22N2. The fourth-order valence-electron chi connectivity index (χ4n) is 2.35. The van der Waals surface area contributed by atoms with E-state index in [0.29, 0.717) is 0 Å². The molecule has 1 N–H and O–H groups in total. The summed E-state index contributed by atoms with van der Waals surface area (Å²) >= 11 is 0. The van der Waals surface area contributed by atoms with Gasteiger partial charge in [-0.15, -0.1) is 0 Å². The Morgan fingerprint density at radius 3 is 2.69 bits per heavy atom. The van der Waals surface area contributed by atoms with E-state index in [0.717, 1.165) is 13.1 Å². The van der Waals surface area contributed by atoms with E-state index in [1.807, 2.05) is 0 Å². The zero-order chi connectivity index (χ0) is 11.8. The van der Waals surface area contributed by atoms with E-state index in [9.17, 15) is 0 Å². The van der Waals surface area contributed by atoms with Crippen molar-refractivity contribution in [3.8, 4) is 0 Å². The monoisotopic (exact) mass is 218 g/mol. The molecule has 2 rings (SSSR count). The van der Waals surface area contributed by atoms with Crippen LogP contribution in [0.15, 0.2) is 18.2 Å². The van der Waals surface area contributed by atoms with Crippen molar-refractivity contribution in [3.63, 3.8) is 0 Å². The van der Waals surface area contributed by atoms with Gasteiger partial charge in [-0.3, -0.25) is 0 Å². The smallest absolute Gasteiger partial charge is 0.0637 e. The first-order valence-corrected chi connectivity index (χ1v) is 6.08. The molecule has 1 aliphatic rings. The number of para-hydroxylation sites is 1. The van der Waals surface area contributed by atoms with Crippen molar-refractivity contribution in [2.24, 2.45) is 0 Å². The molecule has 0 amide bonds. The molecule has 1 aromatic carbocycles. The lowest BCUT2D eigenvalue weighted by atomic mass is 9.85. The molecule has 1 aliphatic heterocycles. The fourth-order valence-corrected chi connectivity index (χ4v) is 2.35. The van der Waals surface area contributed by atoms with Crippen LogP contribution in [0.3, 0.4) is 0 Å². The van der Waals surface area contributed by atoms with Crippen molar-refractivity contribution < 1.29 is 0 Å². The maximum Gasteiger partial charge on any atom is 0.0637 e. The summed E-state index contributed by atoms with van der Waals surface area (Å²) in [5.74, 6) is 0. The van der Waals surface area contributed by atoms with Crippen molar-refractivity contribution in [3.05, 3.63) is 23.8 Å². The summed E-state index contributed by atoms with van der Waals surface area (Å²) in [6.45, 7) is 9.04. The molecule has 88 valence electrons. The van der Waals surface area contributed by atoms with Gasteiger partial charge in [-0.25, -0.2) is 0 Å². The second-order valence-corrected chi connectivity index (χ2v) is 5.65. The van der Waals surface area contributed by atoms with Crippen LogP contribution in [0.2, 0.25) is 0 Å². The van der Waals surface area contributed by atoms with Crippen molar-refractivity contribution in [1.82, 2.24) is 0 Å². The van der Waals surface area contributed by atoms with E-state index in [4.69, 9.17) is 0 Å². The topological polar surface area (TPSA) is 15.3 Å². The van der Waals surface area contributed by atoms with E-state index < -0.39 is 0 Å². The van der Waals surface area contributed by atoms with E-state index >= 15 is 0 Å². The van der Waals surface area contributed by atoms with Crippen molar-refractivity contribution in [1.29, 1.82) is 0 Å². The summed E-state index contributed by atoms with van der Waals surface area (Å²) < 4.78 is 0. The third-order valence-electron chi connectivity index (χ3n) is 3.21. The average molecular weight is 218 g/mol. The van der Waals surface area contributed by atoms with Crippen LogP contribution in [-0.2, 0) is 5.41 Å². The predicted molar refractivity (Wildman–Crippen MR) is 71.5 cm³/mol. The molecule has 1 aromatic rings. The van der Waals surface area contributed by atoms with Crippen LogP contribution in [0.25, 0.3) is 0 Å². The zero-order valence-electron chi connectivity index (χ0n) is 10.8. The largest absolute Gasteiger partial charge is 0.383 e. The number of rotatable bonds is 0. The Kier molecular flexibility index (Phi) is 2.83. The van der Waals surface area contributed by atoms with Gasteiger partial charge in [-0.1, -0.05) is 32.9 Å². The van der Waals surface area contributed by atoms with Gasteiger partial charge in [0.1, 0.15) is 0 Å². The normalized spacial score (nSPS) is 16.4. The number of nitrogens with zero attached hydrogens (tertiary/aromatic N) is 1. The van der Waals surface area contributed by atoms with Gasteiger partial charge in [0.15, 0.2) is 0 Å². The molecule has 2 nitrogen and oxygen atoms in total. The lowest BCUT2D eigenvalue weighted by Gasteiger charge is -2.29. The van der Waals surface area contributed by atoms with Gasteiger partial charge in [0.05, 0.1) is 11.4 Å². The lowest BCUT2D eigenvalue weighted by molar-refractivity contribution is 0.589. The Balaban J connectivity index is 2.56. The molecule has 0 aliphatic carbocycles. The second kappa shape index (κ2) is 4.00. The molecule has 0 aromatic heterocycles. The molecule has 0 fully saturated rings. The summed E-state index contributed by atoms with van der Waals surface area (Å²) in [5.41, 5.74) is 4.30. The Labute approximate surface area is 98.7 Å². The zero-order valence-corrected chi connectivity index (χ0v) is 10.8. The number of hydrogen-bond donors (Lipinski definition) is 1. The van der Waals surface area contributed by atoms with Gasteiger partial charge in [0, 0.05) is 20.1 Å². The van der Waals surface area contributed by atoms with Crippen LogP contribution < -0.4 is 10.2 Å². The van der Waals surface area contributed by atoms with Crippen molar-refractivity contribution in [2.75, 3.05) is 30.4 Å². The summed E-state index contributed by atoms with van der Waals surface area (Å²) in [4.78, 5) is 2.38. The van der Waals surface area contributed by atoms with E-state index in [1.165, 1.54) is 23.4 Å². The Morgan fingerprint density at radius 2 is 2.00 bits per heavy atom. The van der Waals surface area contributed by atoms with Gasteiger partial charge >= 0.3 is 0 Å². The molecule has 0 radical (unpaired) electrons. The minimum Gasteiger partial charge on any atom is -0.383 e. The molecule has 0 saturated heterocycles. The molecule has 1 heterocycles. The van der Waals surface area contributed by atoms with Gasteiger partial charge in [0.2, 0.25) is 0 Å². The van der Waals surface area contributed by atoms with Crippen LogP contribution >= 0.6 is 0 Å². The van der Waals surface area contributed by atoms with E-state index in [1.54, 1.807) is 0 Å². The van der Waals surface area contributed by atoms with Crippen LogP contribution in [0.4, 0.5) is 11.4 Å². The Morgan fingerprint density at radius 1 is 1.25 bits per heavy atom. The Bertz CT molecular complexity index is 377. The molecule has 0 unspecified atom stereocenters. The maximum absolute atomic E-state index is 3.53. The first-order valence-electron chi connectivity index (χ1n) is 6.08. The highest BCUT2D eigenvalue weighted by Gasteiger charge is 2.23. The van der Waals surface area contributed by atoms with Crippen LogP contribution in [0.5, 0.6) is 0 Å². The molecule has 0 atom stereocenters. The molecular weight excluding hydrogens is 196 g/mol. The fraction of sp³-hybridized carbons (Fsp3) is 0.571. The summed E-state index contributed by atoms with van der Waals surface area (Å²) in [5, 5.41) is 3.53. The minimum atomic E-state index is 0.200. The van der Waals surface area contributed by atoms with Crippen LogP contribution in [-0.4, -0.2) is 20.1 Å². The number of nitrogens with one attached hydrogen (secondary N) is 1. The molecule has 0 saturated carbocycles. The quantitative estimate of drug-likeness (QED) is 0.719. The number of benzene rings is 1. The maximum atomic E-state index is 3.53. The first kappa shape index (κ1) is 11.3. The third-order valence-corrected chi connectivity index (χ3v) is 3.21. The van der Waals surface area contributed by atoms with Crippen molar-refractivity contribution in [2.45, 2.75) is 32.6 Å². The average Bonchev–Trinajstić information content (AvgIpc) is 2.39. The minimum absolute atomic E-state index is 0.200.